The highest BCUT2D eigenvalue weighted by molar-refractivity contribution is 7.91. The molecule has 0 saturated carbocycles. The van der Waals surface area contributed by atoms with Gasteiger partial charge in [-0.05, 0) is 21.0 Å². The Labute approximate surface area is 120 Å². The van der Waals surface area contributed by atoms with Gasteiger partial charge >= 0.3 is 0 Å². The van der Waals surface area contributed by atoms with Crippen LogP contribution >= 0.6 is 0 Å². The summed E-state index contributed by atoms with van der Waals surface area (Å²) in [6.07, 6.45) is 0.108. The Morgan fingerprint density at radius 2 is 2.15 bits per heavy atom. The smallest absolute Gasteiger partial charge is 0.221 e. The first kappa shape index (κ1) is 17.4. The zero-order chi connectivity index (χ0) is 15.4. The predicted molar refractivity (Wildman–Crippen MR) is 77.2 cm³/mol. The first-order valence-corrected chi connectivity index (χ1v) is 8.49. The minimum atomic E-state index is -3.04. The molecule has 0 radical (unpaired) electrons. The summed E-state index contributed by atoms with van der Waals surface area (Å²) in [5, 5.41) is 15.7. The summed E-state index contributed by atoms with van der Waals surface area (Å²) in [6, 6.07) is -0.340. The van der Waals surface area contributed by atoms with Crippen molar-refractivity contribution < 1.29 is 18.3 Å². The zero-order valence-corrected chi connectivity index (χ0v) is 13.2. The molecule has 2 unspecified atom stereocenters. The highest BCUT2D eigenvalue weighted by Crippen LogP contribution is 2.06. The maximum atomic E-state index is 11.8. The molecular formula is C12H25N3O4S. The van der Waals surface area contributed by atoms with Crippen molar-refractivity contribution in [2.75, 3.05) is 45.2 Å². The van der Waals surface area contributed by atoms with Gasteiger partial charge in [0.25, 0.3) is 0 Å². The van der Waals surface area contributed by atoms with Crippen LogP contribution in [0.15, 0.2) is 0 Å². The Balaban J connectivity index is 2.37. The quantitative estimate of drug-likeness (QED) is 0.535. The van der Waals surface area contributed by atoms with Crippen LogP contribution in [0, 0.1) is 0 Å². The van der Waals surface area contributed by atoms with E-state index in [1.54, 1.807) is 6.92 Å². The van der Waals surface area contributed by atoms with Crippen molar-refractivity contribution in [3.8, 4) is 0 Å². The standard InChI is InChI=1S/C12H25N3O4S/c1-12(17,9-15(2)3)8-14-11(16)6-10-7-20(18,19)5-4-13-10/h10,13,17H,4-9H2,1-3H3,(H,14,16). The molecule has 1 aliphatic rings. The van der Waals surface area contributed by atoms with Gasteiger partial charge in [-0.1, -0.05) is 0 Å². The number of aliphatic hydroxyl groups is 1. The lowest BCUT2D eigenvalue weighted by atomic mass is 10.1. The van der Waals surface area contributed by atoms with Crippen LogP contribution in [0.5, 0.6) is 0 Å². The second kappa shape index (κ2) is 6.84. The summed E-state index contributed by atoms with van der Waals surface area (Å²) in [6.45, 7) is 2.61. The molecule has 1 saturated heterocycles. The molecular weight excluding hydrogens is 282 g/mol. The third kappa shape index (κ3) is 6.65. The number of likely N-dealkylation sites (N-methyl/N-ethyl adjacent to an activating group) is 1. The van der Waals surface area contributed by atoms with Crippen molar-refractivity contribution in [1.29, 1.82) is 0 Å². The summed E-state index contributed by atoms with van der Waals surface area (Å²) >= 11 is 0. The fraction of sp³-hybridized carbons (Fsp3) is 0.917. The SMILES string of the molecule is CN(C)CC(C)(O)CNC(=O)CC1CS(=O)(=O)CCN1. The minimum absolute atomic E-state index is 0.00545. The van der Waals surface area contributed by atoms with Crippen LogP contribution in [0.1, 0.15) is 13.3 Å². The van der Waals surface area contributed by atoms with Gasteiger partial charge in [-0.25, -0.2) is 8.42 Å². The highest BCUT2D eigenvalue weighted by atomic mass is 32.2. The van der Waals surface area contributed by atoms with E-state index < -0.39 is 15.4 Å². The molecule has 0 aromatic carbocycles. The molecule has 0 bridgehead atoms. The van der Waals surface area contributed by atoms with Gasteiger partial charge in [-0.3, -0.25) is 4.79 Å². The molecule has 1 amide bonds. The number of amides is 1. The molecule has 1 fully saturated rings. The average molecular weight is 307 g/mol. The van der Waals surface area contributed by atoms with Crippen LogP contribution in [0.25, 0.3) is 0 Å². The lowest BCUT2D eigenvalue weighted by Gasteiger charge is -2.28. The second-order valence-electron chi connectivity index (χ2n) is 5.98. The van der Waals surface area contributed by atoms with Crippen LogP contribution in [0.2, 0.25) is 0 Å². The molecule has 8 heteroatoms. The van der Waals surface area contributed by atoms with Crippen molar-refractivity contribution in [1.82, 2.24) is 15.5 Å². The lowest BCUT2D eigenvalue weighted by molar-refractivity contribution is -0.122. The van der Waals surface area contributed by atoms with E-state index in [0.717, 1.165) is 0 Å². The van der Waals surface area contributed by atoms with Gasteiger partial charge in [0.1, 0.15) is 0 Å². The van der Waals surface area contributed by atoms with E-state index in [-0.39, 0.29) is 36.4 Å². The molecule has 1 rings (SSSR count). The Morgan fingerprint density at radius 3 is 2.70 bits per heavy atom. The molecule has 20 heavy (non-hydrogen) atoms. The second-order valence-corrected chi connectivity index (χ2v) is 8.21. The average Bonchev–Trinajstić information content (AvgIpc) is 2.23. The van der Waals surface area contributed by atoms with Crippen LogP contribution in [0.3, 0.4) is 0 Å². The Hall–Kier alpha value is -0.700. The van der Waals surface area contributed by atoms with Gasteiger partial charge in [-0.15, -0.1) is 0 Å². The number of nitrogens with zero attached hydrogens (tertiary/aromatic N) is 1. The fourth-order valence-electron chi connectivity index (χ4n) is 2.32. The predicted octanol–water partition coefficient (Wildman–Crippen LogP) is -1.81. The van der Waals surface area contributed by atoms with Crippen LogP contribution in [-0.2, 0) is 14.6 Å². The molecule has 0 aromatic heterocycles. The Kier molecular flexibility index (Phi) is 5.93. The van der Waals surface area contributed by atoms with Gasteiger partial charge in [-0.2, -0.15) is 0 Å². The first-order chi connectivity index (χ1) is 9.10. The summed E-state index contributed by atoms with van der Waals surface area (Å²) in [7, 11) is 0.645. The molecule has 118 valence electrons. The van der Waals surface area contributed by atoms with E-state index in [0.29, 0.717) is 13.1 Å². The fourth-order valence-corrected chi connectivity index (χ4v) is 3.76. The van der Waals surface area contributed by atoms with Gasteiger partial charge in [0, 0.05) is 32.1 Å². The highest BCUT2D eigenvalue weighted by Gasteiger charge is 2.27. The largest absolute Gasteiger partial charge is 0.387 e. The van der Waals surface area contributed by atoms with E-state index in [9.17, 15) is 18.3 Å². The molecule has 7 nitrogen and oxygen atoms in total. The maximum Gasteiger partial charge on any atom is 0.221 e. The van der Waals surface area contributed by atoms with Crippen LogP contribution in [0.4, 0.5) is 0 Å². The third-order valence-corrected chi connectivity index (χ3v) is 4.79. The number of hydrogen-bond donors (Lipinski definition) is 3. The number of nitrogens with one attached hydrogen (secondary N) is 2. The van der Waals surface area contributed by atoms with Crippen LogP contribution < -0.4 is 10.6 Å². The minimum Gasteiger partial charge on any atom is -0.387 e. The van der Waals surface area contributed by atoms with Crippen LogP contribution in [-0.4, -0.2) is 81.2 Å². The van der Waals surface area contributed by atoms with Crippen molar-refractivity contribution in [2.24, 2.45) is 0 Å². The van der Waals surface area contributed by atoms with E-state index in [1.165, 1.54) is 0 Å². The van der Waals surface area contributed by atoms with E-state index in [2.05, 4.69) is 10.6 Å². The van der Waals surface area contributed by atoms with Gasteiger partial charge in [0.15, 0.2) is 9.84 Å². The van der Waals surface area contributed by atoms with Crippen molar-refractivity contribution >= 4 is 15.7 Å². The van der Waals surface area contributed by atoms with Crippen molar-refractivity contribution in [3.05, 3.63) is 0 Å². The summed E-state index contributed by atoms with van der Waals surface area (Å²) in [5.41, 5.74) is -1.01. The number of sulfone groups is 1. The van der Waals surface area contributed by atoms with Crippen molar-refractivity contribution in [3.63, 3.8) is 0 Å². The summed E-state index contributed by atoms with van der Waals surface area (Å²) in [5.74, 6) is -0.129. The molecule has 0 aliphatic carbocycles. The molecule has 3 N–H and O–H groups in total. The molecule has 1 aliphatic heterocycles. The van der Waals surface area contributed by atoms with E-state index in [1.807, 2.05) is 19.0 Å². The number of hydrogen-bond acceptors (Lipinski definition) is 6. The molecule has 0 aromatic rings. The Bertz CT molecular complexity index is 434. The van der Waals surface area contributed by atoms with Gasteiger partial charge in [0.2, 0.25) is 5.91 Å². The summed E-state index contributed by atoms with van der Waals surface area (Å²) < 4.78 is 22.9. The molecule has 2 atom stereocenters. The topological polar surface area (TPSA) is 98.7 Å². The monoisotopic (exact) mass is 307 g/mol. The van der Waals surface area contributed by atoms with E-state index >= 15 is 0 Å². The molecule has 0 spiro atoms. The van der Waals surface area contributed by atoms with Gasteiger partial charge < -0.3 is 20.6 Å². The normalized spacial score (nSPS) is 25.1. The van der Waals surface area contributed by atoms with Crippen molar-refractivity contribution in [2.45, 2.75) is 25.0 Å². The zero-order valence-electron chi connectivity index (χ0n) is 12.3. The van der Waals surface area contributed by atoms with Gasteiger partial charge in [0.05, 0.1) is 17.1 Å². The third-order valence-electron chi connectivity index (χ3n) is 3.06. The van der Waals surface area contributed by atoms with E-state index in [4.69, 9.17) is 0 Å². The number of carbonyl (C=O) groups is 1. The number of carbonyl (C=O) groups excluding carboxylic acids is 1. The molecule has 1 heterocycles. The number of rotatable bonds is 6. The summed E-state index contributed by atoms with van der Waals surface area (Å²) in [4.78, 5) is 13.6. The lowest BCUT2D eigenvalue weighted by Crippen LogP contribution is -2.50. The Morgan fingerprint density at radius 1 is 1.50 bits per heavy atom. The maximum absolute atomic E-state index is 11.8. The first-order valence-electron chi connectivity index (χ1n) is 6.67.